The maximum absolute atomic E-state index is 13.0. The summed E-state index contributed by atoms with van der Waals surface area (Å²) in [6.07, 6.45) is 1.45. The summed E-state index contributed by atoms with van der Waals surface area (Å²) in [5.74, 6) is -0.540. The van der Waals surface area contributed by atoms with Crippen LogP contribution >= 0.6 is 0 Å². The van der Waals surface area contributed by atoms with Gasteiger partial charge in [-0.15, -0.1) is 0 Å². The van der Waals surface area contributed by atoms with E-state index in [1.807, 2.05) is 24.3 Å². The van der Waals surface area contributed by atoms with Gasteiger partial charge in [-0.25, -0.2) is 9.18 Å². The van der Waals surface area contributed by atoms with E-state index in [0.717, 1.165) is 6.42 Å². The summed E-state index contributed by atoms with van der Waals surface area (Å²) >= 11 is 0. The number of hydrogen-bond donors (Lipinski definition) is 2. The lowest BCUT2D eigenvalue weighted by Gasteiger charge is -2.17. The first-order valence-corrected chi connectivity index (χ1v) is 8.30. The number of anilines is 2. The lowest BCUT2D eigenvalue weighted by atomic mass is 10.1. The zero-order valence-electron chi connectivity index (χ0n) is 14.0. The first kappa shape index (κ1) is 17.0. The first-order chi connectivity index (χ1) is 12.1. The van der Waals surface area contributed by atoms with Crippen LogP contribution in [-0.4, -0.2) is 24.5 Å². The van der Waals surface area contributed by atoms with Crippen molar-refractivity contribution in [1.82, 2.24) is 5.32 Å². The fourth-order valence-electron chi connectivity index (χ4n) is 2.84. The molecule has 0 spiro atoms. The van der Waals surface area contributed by atoms with Crippen molar-refractivity contribution in [2.24, 2.45) is 0 Å². The minimum Gasteiger partial charge on any atom is -0.326 e. The van der Waals surface area contributed by atoms with E-state index in [4.69, 9.17) is 0 Å². The number of hydrogen-bond acceptors (Lipinski definition) is 2. The van der Waals surface area contributed by atoms with Gasteiger partial charge in [0, 0.05) is 17.9 Å². The third-order valence-corrected chi connectivity index (χ3v) is 4.27. The van der Waals surface area contributed by atoms with E-state index in [9.17, 15) is 14.0 Å². The van der Waals surface area contributed by atoms with E-state index in [2.05, 4.69) is 17.6 Å². The molecule has 2 N–H and O–H groups in total. The second-order valence-corrected chi connectivity index (χ2v) is 5.96. The highest BCUT2D eigenvalue weighted by atomic mass is 19.1. The summed E-state index contributed by atoms with van der Waals surface area (Å²) in [7, 11) is 0. The Labute approximate surface area is 145 Å². The minimum atomic E-state index is -0.583. The molecule has 1 fully saturated rings. The topological polar surface area (TPSA) is 61.4 Å². The van der Waals surface area contributed by atoms with Crippen LogP contribution in [0.5, 0.6) is 0 Å². The number of nitrogens with one attached hydrogen (secondary N) is 2. The zero-order valence-corrected chi connectivity index (χ0v) is 14.0. The third-order valence-electron chi connectivity index (χ3n) is 4.27. The van der Waals surface area contributed by atoms with Crippen LogP contribution in [-0.2, 0) is 11.2 Å². The maximum atomic E-state index is 13.0. The van der Waals surface area contributed by atoms with Gasteiger partial charge in [-0.2, -0.15) is 0 Å². The summed E-state index contributed by atoms with van der Waals surface area (Å²) in [6.45, 7) is 2.55. The predicted molar refractivity (Wildman–Crippen MR) is 95.1 cm³/mol. The van der Waals surface area contributed by atoms with Gasteiger partial charge in [-0.3, -0.25) is 4.79 Å². The van der Waals surface area contributed by atoms with Gasteiger partial charge >= 0.3 is 6.03 Å². The van der Waals surface area contributed by atoms with Crippen molar-refractivity contribution in [2.75, 3.05) is 16.8 Å². The Balaban J connectivity index is 1.58. The van der Waals surface area contributed by atoms with Crippen LogP contribution in [0.15, 0.2) is 48.5 Å². The summed E-state index contributed by atoms with van der Waals surface area (Å²) in [4.78, 5) is 26.1. The molecule has 3 amide bonds. The molecule has 0 unspecified atom stereocenters. The Morgan fingerprint density at radius 3 is 2.48 bits per heavy atom. The van der Waals surface area contributed by atoms with Crippen molar-refractivity contribution in [3.8, 4) is 0 Å². The summed E-state index contributed by atoms with van der Waals surface area (Å²) in [6, 6.07) is 12.3. The van der Waals surface area contributed by atoms with Crippen LogP contribution in [0.4, 0.5) is 20.6 Å². The quantitative estimate of drug-likeness (QED) is 0.896. The summed E-state index contributed by atoms with van der Waals surface area (Å²) in [5.41, 5.74) is 2.49. The Hall–Kier alpha value is -2.89. The molecule has 1 aliphatic rings. The Morgan fingerprint density at radius 2 is 1.84 bits per heavy atom. The average Bonchev–Trinajstić information content (AvgIpc) is 2.97. The number of nitrogens with zero attached hydrogens (tertiary/aromatic N) is 1. The zero-order chi connectivity index (χ0) is 17.8. The molecule has 6 heteroatoms. The van der Waals surface area contributed by atoms with Crippen LogP contribution < -0.4 is 15.5 Å². The van der Waals surface area contributed by atoms with Gasteiger partial charge in [0.1, 0.15) is 11.9 Å². The standard InChI is InChI=1S/C19H20FN3O2/c1-2-13-3-7-15(8-4-13)21-19(25)22-17-11-12-23(18(17)24)16-9-5-14(20)6-10-16/h3-10,17H,2,11-12H2,1H3,(H2,21,22,25)/t17-/m0/s1. The highest BCUT2D eigenvalue weighted by Gasteiger charge is 2.33. The number of carbonyl (C=O) groups is 2. The van der Waals surface area contributed by atoms with Crippen molar-refractivity contribution in [3.63, 3.8) is 0 Å². The van der Waals surface area contributed by atoms with Crippen LogP contribution in [0, 0.1) is 5.82 Å². The van der Waals surface area contributed by atoms with Crippen molar-refractivity contribution in [2.45, 2.75) is 25.8 Å². The van der Waals surface area contributed by atoms with Crippen LogP contribution in [0.3, 0.4) is 0 Å². The van der Waals surface area contributed by atoms with Gasteiger partial charge in [-0.1, -0.05) is 19.1 Å². The van der Waals surface area contributed by atoms with Crippen LogP contribution in [0.1, 0.15) is 18.9 Å². The SMILES string of the molecule is CCc1ccc(NC(=O)N[C@H]2CCN(c3ccc(F)cc3)C2=O)cc1. The fraction of sp³-hybridized carbons (Fsp3) is 0.263. The molecule has 130 valence electrons. The van der Waals surface area contributed by atoms with Crippen molar-refractivity contribution in [3.05, 3.63) is 59.9 Å². The number of halogens is 1. The Morgan fingerprint density at radius 1 is 1.16 bits per heavy atom. The third kappa shape index (κ3) is 3.96. The molecular weight excluding hydrogens is 321 g/mol. The molecule has 0 aromatic heterocycles. The molecule has 1 saturated heterocycles. The molecule has 0 aliphatic carbocycles. The molecule has 1 heterocycles. The van der Waals surface area contributed by atoms with Crippen LogP contribution in [0.25, 0.3) is 0 Å². The number of carbonyl (C=O) groups excluding carboxylic acids is 2. The van der Waals surface area contributed by atoms with E-state index >= 15 is 0 Å². The van der Waals surface area contributed by atoms with E-state index < -0.39 is 12.1 Å². The molecule has 25 heavy (non-hydrogen) atoms. The molecule has 0 radical (unpaired) electrons. The Bertz CT molecular complexity index is 759. The van der Waals surface area contributed by atoms with Crippen molar-refractivity contribution in [1.29, 1.82) is 0 Å². The normalized spacial score (nSPS) is 16.8. The van der Waals surface area contributed by atoms with E-state index in [1.165, 1.54) is 17.7 Å². The second-order valence-electron chi connectivity index (χ2n) is 5.96. The largest absolute Gasteiger partial charge is 0.326 e. The molecule has 3 rings (SSSR count). The average molecular weight is 341 g/mol. The van der Waals surface area contributed by atoms with Gasteiger partial charge in [0.25, 0.3) is 0 Å². The summed E-state index contributed by atoms with van der Waals surface area (Å²) < 4.78 is 13.0. The molecular formula is C19H20FN3O2. The Kier molecular flexibility index (Phi) is 4.97. The number of urea groups is 1. The van der Waals surface area contributed by atoms with E-state index in [-0.39, 0.29) is 11.7 Å². The molecule has 0 saturated carbocycles. The molecule has 1 atom stereocenters. The monoisotopic (exact) mass is 341 g/mol. The number of aryl methyl sites for hydroxylation is 1. The van der Waals surface area contributed by atoms with Gasteiger partial charge in [0.05, 0.1) is 0 Å². The van der Waals surface area contributed by atoms with E-state index in [0.29, 0.717) is 24.3 Å². The van der Waals surface area contributed by atoms with Crippen LogP contribution in [0.2, 0.25) is 0 Å². The predicted octanol–water partition coefficient (Wildman–Crippen LogP) is 3.32. The van der Waals surface area contributed by atoms with Gasteiger partial charge < -0.3 is 15.5 Å². The first-order valence-electron chi connectivity index (χ1n) is 8.30. The van der Waals surface area contributed by atoms with Crippen molar-refractivity contribution < 1.29 is 14.0 Å². The lowest BCUT2D eigenvalue weighted by molar-refractivity contribution is -0.118. The van der Waals surface area contributed by atoms with Gasteiger partial charge in [0.15, 0.2) is 0 Å². The number of rotatable bonds is 4. The minimum absolute atomic E-state index is 0.192. The number of benzene rings is 2. The highest BCUT2D eigenvalue weighted by molar-refractivity contribution is 6.02. The van der Waals surface area contributed by atoms with Gasteiger partial charge in [-0.05, 0) is 54.8 Å². The lowest BCUT2D eigenvalue weighted by Crippen LogP contribution is -2.43. The molecule has 1 aliphatic heterocycles. The number of amides is 3. The summed E-state index contributed by atoms with van der Waals surface area (Å²) in [5, 5.41) is 5.43. The van der Waals surface area contributed by atoms with E-state index in [1.54, 1.807) is 17.0 Å². The molecule has 5 nitrogen and oxygen atoms in total. The molecule has 2 aromatic carbocycles. The van der Waals surface area contributed by atoms with Gasteiger partial charge in [0.2, 0.25) is 5.91 Å². The van der Waals surface area contributed by atoms with Crippen molar-refractivity contribution >= 4 is 23.3 Å². The smallest absolute Gasteiger partial charge is 0.319 e. The maximum Gasteiger partial charge on any atom is 0.319 e. The molecule has 0 bridgehead atoms. The highest BCUT2D eigenvalue weighted by Crippen LogP contribution is 2.22. The second kappa shape index (κ2) is 7.34. The fourth-order valence-corrected chi connectivity index (χ4v) is 2.84. The molecule has 2 aromatic rings.